The minimum absolute atomic E-state index is 0.0373. The molecule has 0 atom stereocenters. The van der Waals surface area contributed by atoms with Crippen LogP contribution in [0.4, 0.5) is 11.4 Å². The van der Waals surface area contributed by atoms with Crippen LogP contribution in [0.5, 0.6) is 0 Å². The molecular weight excluding hydrogens is 295 g/mol. The number of carbonyl (C=O) groups is 1. The molecule has 2 aromatic rings. The Morgan fingerprint density at radius 1 is 1.26 bits per heavy atom. The fourth-order valence-electron chi connectivity index (χ4n) is 1.84. The van der Waals surface area contributed by atoms with E-state index in [1.807, 2.05) is 0 Å². The Kier molecular flexibility index (Phi) is 4.44. The lowest BCUT2D eigenvalue weighted by Gasteiger charge is -2.19. The van der Waals surface area contributed by atoms with Gasteiger partial charge in [0.05, 0.1) is 4.92 Å². The summed E-state index contributed by atoms with van der Waals surface area (Å²) >= 11 is 0. The SMILES string of the molecule is [B]c1cc(-c2ncccn2)c(NC(=O)C(C)(C)C)c([N+](=O)[O-])c1. The van der Waals surface area contributed by atoms with E-state index >= 15 is 0 Å². The molecule has 1 heterocycles. The number of rotatable bonds is 3. The van der Waals surface area contributed by atoms with Crippen LogP contribution in [0.1, 0.15) is 20.8 Å². The van der Waals surface area contributed by atoms with Gasteiger partial charge >= 0.3 is 0 Å². The molecule has 0 aliphatic rings. The van der Waals surface area contributed by atoms with E-state index in [2.05, 4.69) is 15.3 Å². The highest BCUT2D eigenvalue weighted by Gasteiger charge is 2.27. The zero-order valence-electron chi connectivity index (χ0n) is 13.0. The summed E-state index contributed by atoms with van der Waals surface area (Å²) in [5.74, 6) is -0.116. The van der Waals surface area contributed by atoms with E-state index in [1.165, 1.54) is 24.5 Å². The average Bonchev–Trinajstić information content (AvgIpc) is 2.48. The molecule has 0 fully saturated rings. The van der Waals surface area contributed by atoms with Crippen LogP contribution in [0.2, 0.25) is 0 Å². The van der Waals surface area contributed by atoms with Crippen molar-refractivity contribution in [3.05, 3.63) is 40.7 Å². The first-order valence-corrected chi connectivity index (χ1v) is 6.87. The predicted molar refractivity (Wildman–Crippen MR) is 87.6 cm³/mol. The first kappa shape index (κ1) is 16.6. The smallest absolute Gasteiger partial charge is 0.292 e. The van der Waals surface area contributed by atoms with Gasteiger partial charge < -0.3 is 5.32 Å². The Hall–Kier alpha value is -2.77. The summed E-state index contributed by atoms with van der Waals surface area (Å²) in [5, 5.41) is 14.0. The summed E-state index contributed by atoms with van der Waals surface area (Å²) in [6.45, 7) is 5.14. The molecule has 0 aliphatic heterocycles. The molecule has 1 aromatic carbocycles. The number of hydrogen-bond donors (Lipinski definition) is 1. The topological polar surface area (TPSA) is 98.0 Å². The molecule has 2 rings (SSSR count). The number of nitrogens with zero attached hydrogens (tertiary/aromatic N) is 3. The molecule has 2 radical (unpaired) electrons. The lowest BCUT2D eigenvalue weighted by Crippen LogP contribution is -2.28. The summed E-state index contributed by atoms with van der Waals surface area (Å²) in [7, 11) is 5.75. The quantitative estimate of drug-likeness (QED) is 0.530. The molecular formula is C15H15BN4O3. The highest BCUT2D eigenvalue weighted by Crippen LogP contribution is 2.34. The maximum absolute atomic E-state index is 12.3. The van der Waals surface area contributed by atoms with Crippen molar-refractivity contribution in [1.82, 2.24) is 9.97 Å². The molecule has 0 saturated carbocycles. The number of aromatic nitrogens is 2. The van der Waals surface area contributed by atoms with Gasteiger partial charge in [0.15, 0.2) is 5.82 Å². The van der Waals surface area contributed by atoms with Gasteiger partial charge in [0.1, 0.15) is 13.5 Å². The van der Waals surface area contributed by atoms with Gasteiger partial charge in [0.2, 0.25) is 5.91 Å². The van der Waals surface area contributed by atoms with Gasteiger partial charge in [0.25, 0.3) is 5.69 Å². The van der Waals surface area contributed by atoms with Crippen LogP contribution in [-0.4, -0.2) is 28.6 Å². The van der Waals surface area contributed by atoms with Crippen LogP contribution in [0.15, 0.2) is 30.6 Å². The van der Waals surface area contributed by atoms with Gasteiger partial charge in [-0.3, -0.25) is 14.9 Å². The normalized spacial score (nSPS) is 11.1. The van der Waals surface area contributed by atoms with Gasteiger partial charge in [-0.1, -0.05) is 32.3 Å². The second kappa shape index (κ2) is 6.16. The average molecular weight is 310 g/mol. The van der Waals surface area contributed by atoms with Crippen molar-refractivity contribution in [1.29, 1.82) is 0 Å². The molecule has 0 aliphatic carbocycles. The van der Waals surface area contributed by atoms with Crippen molar-refractivity contribution in [3.8, 4) is 11.4 Å². The molecule has 116 valence electrons. The van der Waals surface area contributed by atoms with Crippen molar-refractivity contribution < 1.29 is 9.72 Å². The standard InChI is InChI=1S/C15H15BN4O3/c1-15(2,3)14(21)19-12-10(13-17-5-4-6-18-13)7-9(16)8-11(12)20(22)23/h4-8H,1-3H3,(H,19,21). The van der Waals surface area contributed by atoms with E-state index in [0.717, 1.165) is 0 Å². The third-order valence-corrected chi connectivity index (χ3v) is 3.06. The number of anilines is 1. The molecule has 7 nitrogen and oxygen atoms in total. The maximum Gasteiger partial charge on any atom is 0.292 e. The lowest BCUT2D eigenvalue weighted by molar-refractivity contribution is -0.383. The molecule has 0 saturated heterocycles. The van der Waals surface area contributed by atoms with E-state index in [0.29, 0.717) is 5.56 Å². The van der Waals surface area contributed by atoms with Crippen molar-refractivity contribution in [3.63, 3.8) is 0 Å². The van der Waals surface area contributed by atoms with Crippen LogP contribution in [0.25, 0.3) is 11.4 Å². The first-order valence-electron chi connectivity index (χ1n) is 6.87. The van der Waals surface area contributed by atoms with E-state index in [-0.39, 0.29) is 28.6 Å². The lowest BCUT2D eigenvalue weighted by atomic mass is 9.91. The summed E-state index contributed by atoms with van der Waals surface area (Å²) in [6, 6.07) is 4.32. The molecule has 0 bridgehead atoms. The van der Waals surface area contributed by atoms with Gasteiger partial charge in [-0.25, -0.2) is 9.97 Å². The minimum Gasteiger partial charge on any atom is -0.319 e. The number of nitro groups is 1. The second-order valence-corrected chi connectivity index (χ2v) is 6.00. The fourth-order valence-corrected chi connectivity index (χ4v) is 1.84. The van der Waals surface area contributed by atoms with Crippen LogP contribution in [0.3, 0.4) is 0 Å². The van der Waals surface area contributed by atoms with E-state index in [4.69, 9.17) is 7.85 Å². The third-order valence-electron chi connectivity index (χ3n) is 3.06. The number of amides is 1. The van der Waals surface area contributed by atoms with Gasteiger partial charge in [0, 0.05) is 29.4 Å². The first-order chi connectivity index (χ1) is 10.7. The van der Waals surface area contributed by atoms with Crippen molar-refractivity contribution in [2.24, 2.45) is 5.41 Å². The fraction of sp³-hybridized carbons (Fsp3) is 0.267. The number of benzene rings is 1. The van der Waals surface area contributed by atoms with Crippen LogP contribution >= 0.6 is 0 Å². The van der Waals surface area contributed by atoms with Crippen LogP contribution in [0, 0.1) is 15.5 Å². The van der Waals surface area contributed by atoms with E-state index < -0.39 is 10.3 Å². The molecule has 1 amide bonds. The van der Waals surface area contributed by atoms with Crippen LogP contribution < -0.4 is 10.8 Å². The summed E-state index contributed by atoms with van der Waals surface area (Å²) in [5.41, 5.74) is -0.493. The van der Waals surface area contributed by atoms with Crippen molar-refractivity contribution >= 4 is 30.6 Å². The Bertz CT molecular complexity index is 757. The van der Waals surface area contributed by atoms with E-state index in [9.17, 15) is 14.9 Å². The van der Waals surface area contributed by atoms with E-state index in [1.54, 1.807) is 26.8 Å². The third kappa shape index (κ3) is 3.71. The summed E-state index contributed by atoms with van der Waals surface area (Å²) in [4.78, 5) is 31.2. The Balaban J connectivity index is 2.66. The van der Waals surface area contributed by atoms with Crippen molar-refractivity contribution in [2.75, 3.05) is 5.32 Å². The number of carbonyl (C=O) groups excluding carboxylic acids is 1. The van der Waals surface area contributed by atoms with Gasteiger partial charge in [-0.2, -0.15) is 0 Å². The number of nitrogens with one attached hydrogen (secondary N) is 1. The molecule has 0 unspecified atom stereocenters. The number of nitro benzene ring substituents is 1. The minimum atomic E-state index is -0.718. The summed E-state index contributed by atoms with van der Waals surface area (Å²) in [6.07, 6.45) is 3.01. The van der Waals surface area contributed by atoms with Crippen LogP contribution in [-0.2, 0) is 4.79 Å². The number of hydrogen-bond acceptors (Lipinski definition) is 5. The Labute approximate surface area is 134 Å². The second-order valence-electron chi connectivity index (χ2n) is 6.00. The van der Waals surface area contributed by atoms with Gasteiger partial charge in [-0.15, -0.1) is 0 Å². The monoisotopic (exact) mass is 310 g/mol. The highest BCUT2D eigenvalue weighted by atomic mass is 16.6. The Morgan fingerprint density at radius 3 is 2.39 bits per heavy atom. The largest absolute Gasteiger partial charge is 0.319 e. The summed E-state index contributed by atoms with van der Waals surface area (Å²) < 4.78 is 0. The predicted octanol–water partition coefficient (Wildman–Crippen LogP) is 1.83. The van der Waals surface area contributed by atoms with Gasteiger partial charge in [-0.05, 0) is 6.07 Å². The maximum atomic E-state index is 12.3. The molecule has 23 heavy (non-hydrogen) atoms. The highest BCUT2D eigenvalue weighted by molar-refractivity contribution is 6.33. The van der Waals surface area contributed by atoms with Crippen molar-refractivity contribution in [2.45, 2.75) is 20.8 Å². The Morgan fingerprint density at radius 2 is 1.87 bits per heavy atom. The zero-order chi connectivity index (χ0) is 17.2. The zero-order valence-corrected chi connectivity index (χ0v) is 13.0. The molecule has 1 aromatic heterocycles. The molecule has 8 heteroatoms. The molecule has 1 N–H and O–H groups in total. The molecule has 0 spiro atoms.